The first-order chi connectivity index (χ1) is 7.66. The number of nitrogens with two attached hydrogens (primary N) is 1. The fraction of sp³-hybridized carbons (Fsp3) is 0.333. The molecule has 0 amide bonds. The summed E-state index contributed by atoms with van der Waals surface area (Å²) in [5.74, 6) is 0.641. The van der Waals surface area contributed by atoms with Gasteiger partial charge in [0.2, 0.25) is 0 Å². The molecule has 2 rings (SSSR count). The molecule has 84 valence electrons. The molecule has 0 spiro atoms. The molecule has 1 heteroatoms. The van der Waals surface area contributed by atoms with Crippen molar-refractivity contribution in [1.29, 1.82) is 0 Å². The van der Waals surface area contributed by atoms with Gasteiger partial charge >= 0.3 is 0 Å². The molecule has 1 aromatic carbocycles. The predicted octanol–water partition coefficient (Wildman–Crippen LogP) is 4.03. The topological polar surface area (TPSA) is 26.0 Å². The first kappa shape index (κ1) is 11.0. The highest BCUT2D eigenvalue weighted by Gasteiger charge is 2.10. The van der Waals surface area contributed by atoms with Gasteiger partial charge in [0, 0.05) is 11.3 Å². The van der Waals surface area contributed by atoms with Crippen molar-refractivity contribution < 1.29 is 0 Å². The molecule has 1 aliphatic carbocycles. The van der Waals surface area contributed by atoms with Crippen LogP contribution >= 0.6 is 0 Å². The van der Waals surface area contributed by atoms with Crippen molar-refractivity contribution in [3.63, 3.8) is 0 Å². The highest BCUT2D eigenvalue weighted by atomic mass is 14.6. The van der Waals surface area contributed by atoms with E-state index < -0.39 is 0 Å². The number of hydrogen-bond acceptors (Lipinski definition) is 1. The average molecular weight is 213 g/mol. The molecule has 1 atom stereocenters. The van der Waals surface area contributed by atoms with Crippen molar-refractivity contribution >= 4 is 11.3 Å². The molecule has 16 heavy (non-hydrogen) atoms. The van der Waals surface area contributed by atoms with Crippen molar-refractivity contribution in [2.45, 2.75) is 26.7 Å². The maximum atomic E-state index is 6.02. The van der Waals surface area contributed by atoms with Crippen molar-refractivity contribution in [3.05, 3.63) is 47.6 Å². The molecule has 1 aromatic rings. The lowest BCUT2D eigenvalue weighted by molar-refractivity contribution is 0.743. The minimum atomic E-state index is 0.641. The van der Waals surface area contributed by atoms with Crippen LogP contribution in [-0.4, -0.2) is 0 Å². The maximum Gasteiger partial charge on any atom is 0.0390 e. The van der Waals surface area contributed by atoms with Crippen LogP contribution in [-0.2, 0) is 0 Å². The third-order valence-corrected chi connectivity index (χ3v) is 3.08. The normalized spacial score (nSPS) is 21.0. The number of benzene rings is 1. The van der Waals surface area contributed by atoms with Crippen molar-refractivity contribution in [1.82, 2.24) is 0 Å². The van der Waals surface area contributed by atoms with Gasteiger partial charge in [-0.3, -0.25) is 0 Å². The quantitative estimate of drug-likeness (QED) is 0.553. The van der Waals surface area contributed by atoms with Crippen molar-refractivity contribution in [2.24, 2.45) is 5.92 Å². The van der Waals surface area contributed by atoms with Crippen LogP contribution in [0.4, 0.5) is 5.69 Å². The third kappa shape index (κ3) is 2.35. The summed E-state index contributed by atoms with van der Waals surface area (Å²) in [4.78, 5) is 0. The molecule has 0 heterocycles. The minimum Gasteiger partial charge on any atom is -0.398 e. The van der Waals surface area contributed by atoms with E-state index in [1.54, 1.807) is 0 Å². The average Bonchev–Trinajstić information content (AvgIpc) is 2.40. The van der Waals surface area contributed by atoms with E-state index in [-0.39, 0.29) is 0 Å². The van der Waals surface area contributed by atoms with Crippen LogP contribution < -0.4 is 5.73 Å². The van der Waals surface area contributed by atoms with E-state index >= 15 is 0 Å². The van der Waals surface area contributed by atoms with Crippen molar-refractivity contribution in [2.75, 3.05) is 5.73 Å². The van der Waals surface area contributed by atoms with Gasteiger partial charge in [-0.1, -0.05) is 42.8 Å². The molecule has 0 fully saturated rings. The first-order valence-electron chi connectivity index (χ1n) is 5.88. The van der Waals surface area contributed by atoms with Crippen LogP contribution in [0.15, 0.2) is 42.0 Å². The van der Waals surface area contributed by atoms with Gasteiger partial charge in [-0.2, -0.15) is 0 Å². The summed E-state index contributed by atoms with van der Waals surface area (Å²) in [6.07, 6.45) is 6.84. The zero-order valence-corrected chi connectivity index (χ0v) is 10.0. The van der Waals surface area contributed by atoms with Gasteiger partial charge in [0.05, 0.1) is 0 Å². The Morgan fingerprint density at radius 2 is 2.00 bits per heavy atom. The Bertz CT molecular complexity index is 441. The predicted molar refractivity (Wildman–Crippen MR) is 71.0 cm³/mol. The summed E-state index contributed by atoms with van der Waals surface area (Å²) in [6.45, 7) is 4.46. The van der Waals surface area contributed by atoms with E-state index in [4.69, 9.17) is 5.73 Å². The Kier molecular flexibility index (Phi) is 3.14. The van der Waals surface area contributed by atoms with E-state index in [9.17, 15) is 0 Å². The maximum absolute atomic E-state index is 6.02. The lowest BCUT2D eigenvalue weighted by atomic mass is 9.98. The van der Waals surface area contributed by atoms with Gasteiger partial charge in [0.1, 0.15) is 0 Å². The summed E-state index contributed by atoms with van der Waals surface area (Å²) in [5.41, 5.74) is 10.9. The van der Waals surface area contributed by atoms with E-state index in [0.29, 0.717) is 5.92 Å². The van der Waals surface area contributed by atoms with Crippen LogP contribution in [0.1, 0.15) is 32.3 Å². The summed E-state index contributed by atoms with van der Waals surface area (Å²) >= 11 is 0. The Morgan fingerprint density at radius 3 is 2.75 bits per heavy atom. The number of nitrogen functional groups attached to an aromatic ring is 1. The Balaban J connectivity index is 2.35. The second kappa shape index (κ2) is 4.56. The van der Waals surface area contributed by atoms with Crippen LogP contribution in [0, 0.1) is 5.92 Å². The second-order valence-electron chi connectivity index (χ2n) is 4.72. The number of para-hydroxylation sites is 1. The summed E-state index contributed by atoms with van der Waals surface area (Å²) in [5, 5.41) is 0. The highest BCUT2D eigenvalue weighted by molar-refractivity contribution is 5.76. The van der Waals surface area contributed by atoms with Gasteiger partial charge in [-0.25, -0.2) is 0 Å². The van der Waals surface area contributed by atoms with Crippen LogP contribution in [0.5, 0.6) is 0 Å². The molecule has 0 radical (unpaired) electrons. The molecular weight excluding hydrogens is 194 g/mol. The number of allylic oxidation sites excluding steroid dienone is 4. The Morgan fingerprint density at radius 1 is 1.25 bits per heavy atom. The standard InChI is InChI=1S/C15H19N/c1-11-7-8-13(10-12(2)9-11)14-5-3-4-6-15(14)16/h3-6,8-9,11H,7,10,16H2,1-2H3. The van der Waals surface area contributed by atoms with Crippen LogP contribution in [0.2, 0.25) is 0 Å². The SMILES string of the molecule is CC1=CC(C)CC=C(c2ccccc2N)C1. The molecule has 0 saturated heterocycles. The molecule has 0 bridgehead atoms. The third-order valence-electron chi connectivity index (χ3n) is 3.08. The molecule has 2 N–H and O–H groups in total. The van der Waals surface area contributed by atoms with Crippen LogP contribution in [0.25, 0.3) is 5.57 Å². The van der Waals surface area contributed by atoms with Gasteiger partial charge in [0.15, 0.2) is 0 Å². The summed E-state index contributed by atoms with van der Waals surface area (Å²) in [7, 11) is 0. The molecule has 0 aromatic heterocycles. The molecule has 1 aliphatic rings. The van der Waals surface area contributed by atoms with Gasteiger partial charge in [-0.15, -0.1) is 0 Å². The zero-order valence-electron chi connectivity index (χ0n) is 10.0. The van der Waals surface area contributed by atoms with Gasteiger partial charge < -0.3 is 5.73 Å². The van der Waals surface area contributed by atoms with Gasteiger partial charge in [0.25, 0.3) is 0 Å². The van der Waals surface area contributed by atoms with E-state index in [2.05, 4.69) is 38.1 Å². The highest BCUT2D eigenvalue weighted by Crippen LogP contribution is 2.31. The lowest BCUT2D eigenvalue weighted by Gasteiger charge is -2.09. The number of anilines is 1. The lowest BCUT2D eigenvalue weighted by Crippen LogP contribution is -1.93. The Hall–Kier alpha value is -1.50. The molecule has 1 nitrogen and oxygen atoms in total. The summed E-state index contributed by atoms with van der Waals surface area (Å²) < 4.78 is 0. The minimum absolute atomic E-state index is 0.641. The zero-order chi connectivity index (χ0) is 11.5. The fourth-order valence-electron chi connectivity index (χ4n) is 2.31. The second-order valence-corrected chi connectivity index (χ2v) is 4.72. The van der Waals surface area contributed by atoms with E-state index in [0.717, 1.165) is 18.5 Å². The molecular formula is C15H19N. The Labute approximate surface area is 97.7 Å². The number of hydrogen-bond donors (Lipinski definition) is 1. The van der Waals surface area contributed by atoms with E-state index in [1.807, 2.05) is 12.1 Å². The summed E-state index contributed by atoms with van der Waals surface area (Å²) in [6, 6.07) is 8.13. The van der Waals surface area contributed by atoms with E-state index in [1.165, 1.54) is 16.7 Å². The molecule has 0 saturated carbocycles. The smallest absolute Gasteiger partial charge is 0.0390 e. The number of rotatable bonds is 1. The fourth-order valence-corrected chi connectivity index (χ4v) is 2.31. The monoisotopic (exact) mass is 213 g/mol. The van der Waals surface area contributed by atoms with Gasteiger partial charge in [-0.05, 0) is 37.3 Å². The van der Waals surface area contributed by atoms with Crippen LogP contribution in [0.3, 0.4) is 0 Å². The molecule has 0 aliphatic heterocycles. The van der Waals surface area contributed by atoms with Crippen molar-refractivity contribution in [3.8, 4) is 0 Å². The largest absolute Gasteiger partial charge is 0.398 e. The first-order valence-corrected chi connectivity index (χ1v) is 5.88. The molecule has 1 unspecified atom stereocenters.